The number of aliphatic imine (C=N–C) groups is 1. The first-order chi connectivity index (χ1) is 9.96. The lowest BCUT2D eigenvalue weighted by atomic mass is 9.86. The topological polar surface area (TPSA) is 24.4 Å². The number of rotatable bonds is 1. The summed E-state index contributed by atoms with van der Waals surface area (Å²) in [6.07, 6.45) is -0.145. The van der Waals surface area contributed by atoms with Gasteiger partial charge in [-0.2, -0.15) is 13.2 Å². The number of hydrogen-bond acceptors (Lipinski definition) is 2. The normalized spacial score (nSPS) is 23.6. The van der Waals surface area contributed by atoms with E-state index < -0.39 is 11.7 Å². The van der Waals surface area contributed by atoms with Crippen molar-refractivity contribution < 1.29 is 13.2 Å². The van der Waals surface area contributed by atoms with Crippen LogP contribution in [0.1, 0.15) is 24.0 Å². The van der Waals surface area contributed by atoms with Gasteiger partial charge in [0.15, 0.2) is 0 Å². The second kappa shape index (κ2) is 4.66. The summed E-state index contributed by atoms with van der Waals surface area (Å²) >= 11 is 0. The monoisotopic (exact) mass is 290 g/mol. The minimum Gasteiger partial charge on any atom is -0.349 e. The van der Waals surface area contributed by atoms with Gasteiger partial charge >= 0.3 is 6.18 Å². The maximum Gasteiger partial charge on any atom is 0.427 e. The highest BCUT2D eigenvalue weighted by Gasteiger charge is 2.57. The highest BCUT2D eigenvalue weighted by molar-refractivity contribution is 5.74. The number of alkyl halides is 3. The largest absolute Gasteiger partial charge is 0.427 e. The Hall–Kier alpha value is -2.22. The van der Waals surface area contributed by atoms with Gasteiger partial charge in [0.25, 0.3) is 0 Å². The SMILES string of the molecule is C=Cc1ccc2c(c1)N=CN[C@]2(C#CC1CC1)C(F)(F)F. The quantitative estimate of drug-likeness (QED) is 0.782. The van der Waals surface area contributed by atoms with Crippen molar-refractivity contribution in [3.05, 3.63) is 35.9 Å². The van der Waals surface area contributed by atoms with Crippen LogP contribution in [0.5, 0.6) is 0 Å². The van der Waals surface area contributed by atoms with Crippen molar-refractivity contribution in [2.45, 2.75) is 24.6 Å². The number of nitrogens with one attached hydrogen (secondary N) is 1. The van der Waals surface area contributed by atoms with E-state index in [1.807, 2.05) is 0 Å². The van der Waals surface area contributed by atoms with Crippen molar-refractivity contribution in [2.24, 2.45) is 10.9 Å². The standard InChI is InChI=1S/C16H13F3N2/c1-2-11-5-6-13-14(9-11)20-10-21-15(13,16(17,18)19)8-7-12-3-4-12/h2,5-6,9-10,12H,1,3-4H2,(H,20,21)/t15-/m0/s1. The van der Waals surface area contributed by atoms with Crippen LogP contribution in [0.3, 0.4) is 0 Å². The molecule has 1 aliphatic carbocycles. The van der Waals surface area contributed by atoms with Crippen molar-refractivity contribution in [1.29, 1.82) is 0 Å². The van der Waals surface area contributed by atoms with Crippen LogP contribution in [0.15, 0.2) is 29.8 Å². The Morgan fingerprint density at radius 2 is 2.14 bits per heavy atom. The Balaban J connectivity index is 2.17. The van der Waals surface area contributed by atoms with E-state index in [0.717, 1.165) is 24.7 Å². The maximum absolute atomic E-state index is 13.7. The average Bonchev–Trinajstić information content (AvgIpc) is 3.27. The fourth-order valence-corrected chi connectivity index (χ4v) is 2.22. The number of benzene rings is 1. The molecule has 2 aliphatic rings. The molecule has 5 heteroatoms. The summed E-state index contributed by atoms with van der Waals surface area (Å²) in [6.45, 7) is 3.62. The van der Waals surface area contributed by atoms with Gasteiger partial charge in [0.05, 0.1) is 12.0 Å². The third-order valence-corrected chi connectivity index (χ3v) is 3.61. The van der Waals surface area contributed by atoms with Gasteiger partial charge in [0, 0.05) is 11.5 Å². The molecule has 0 saturated heterocycles. The molecule has 1 aliphatic heterocycles. The molecule has 1 aromatic carbocycles. The molecule has 1 atom stereocenters. The van der Waals surface area contributed by atoms with Crippen molar-refractivity contribution in [2.75, 3.05) is 0 Å². The summed E-state index contributed by atoms with van der Waals surface area (Å²) in [6, 6.07) is 4.59. The van der Waals surface area contributed by atoms with Crippen LogP contribution in [-0.4, -0.2) is 12.5 Å². The van der Waals surface area contributed by atoms with Crippen molar-refractivity contribution in [1.82, 2.24) is 5.32 Å². The van der Waals surface area contributed by atoms with Crippen LogP contribution in [0.4, 0.5) is 18.9 Å². The van der Waals surface area contributed by atoms with Gasteiger partial charge in [0.2, 0.25) is 5.54 Å². The molecule has 0 bridgehead atoms. The van der Waals surface area contributed by atoms with Gasteiger partial charge in [-0.05, 0) is 24.5 Å². The minimum absolute atomic E-state index is 0.0382. The smallest absolute Gasteiger partial charge is 0.349 e. The molecule has 0 spiro atoms. The third-order valence-electron chi connectivity index (χ3n) is 3.61. The molecule has 1 heterocycles. The van der Waals surface area contributed by atoms with Crippen LogP contribution in [-0.2, 0) is 5.54 Å². The Morgan fingerprint density at radius 1 is 1.38 bits per heavy atom. The van der Waals surface area contributed by atoms with Gasteiger partial charge < -0.3 is 5.32 Å². The summed E-state index contributed by atoms with van der Waals surface area (Å²) in [5.74, 6) is 5.24. The predicted molar refractivity (Wildman–Crippen MR) is 76.1 cm³/mol. The van der Waals surface area contributed by atoms with Crippen LogP contribution in [0, 0.1) is 17.8 Å². The highest BCUT2D eigenvalue weighted by Crippen LogP contribution is 2.44. The van der Waals surface area contributed by atoms with E-state index in [1.165, 1.54) is 6.07 Å². The molecule has 3 rings (SSSR count). The van der Waals surface area contributed by atoms with Gasteiger partial charge in [-0.25, -0.2) is 4.99 Å². The molecule has 0 amide bonds. The van der Waals surface area contributed by atoms with Crippen molar-refractivity contribution in [3.63, 3.8) is 0 Å². The first-order valence-electron chi connectivity index (χ1n) is 6.63. The molecule has 108 valence electrons. The Labute approximate surface area is 120 Å². The van der Waals surface area contributed by atoms with Crippen molar-refractivity contribution >= 4 is 18.1 Å². The zero-order valence-electron chi connectivity index (χ0n) is 11.2. The Kier molecular flexibility index (Phi) is 3.05. The Morgan fingerprint density at radius 3 is 2.76 bits per heavy atom. The molecule has 0 aromatic heterocycles. The minimum atomic E-state index is -4.54. The molecule has 2 nitrogen and oxygen atoms in total. The number of halogens is 3. The van der Waals surface area contributed by atoms with Gasteiger partial charge in [-0.1, -0.05) is 36.6 Å². The van der Waals surface area contributed by atoms with Crippen LogP contribution in [0.25, 0.3) is 6.08 Å². The molecular formula is C16H13F3N2. The first-order valence-corrected chi connectivity index (χ1v) is 6.63. The van der Waals surface area contributed by atoms with E-state index in [1.54, 1.807) is 18.2 Å². The average molecular weight is 290 g/mol. The van der Waals surface area contributed by atoms with Crippen LogP contribution in [0.2, 0.25) is 0 Å². The van der Waals surface area contributed by atoms with E-state index in [-0.39, 0.29) is 17.2 Å². The zero-order chi connectivity index (χ0) is 15.1. The second-order valence-corrected chi connectivity index (χ2v) is 5.17. The first kappa shape index (κ1) is 13.7. The van der Waals surface area contributed by atoms with Crippen LogP contribution < -0.4 is 5.32 Å². The molecule has 1 N–H and O–H groups in total. The van der Waals surface area contributed by atoms with Gasteiger partial charge in [0.1, 0.15) is 0 Å². The summed E-state index contributed by atoms with van der Waals surface area (Å²) in [7, 11) is 0. The van der Waals surface area contributed by atoms with Gasteiger partial charge in [-0.15, -0.1) is 0 Å². The molecular weight excluding hydrogens is 277 g/mol. The second-order valence-electron chi connectivity index (χ2n) is 5.17. The van der Waals surface area contributed by atoms with Crippen LogP contribution >= 0.6 is 0 Å². The Bertz CT molecular complexity index is 675. The lowest BCUT2D eigenvalue weighted by molar-refractivity contribution is -0.177. The predicted octanol–water partition coefficient (Wildman–Crippen LogP) is 3.76. The summed E-state index contributed by atoms with van der Waals surface area (Å²) in [5.41, 5.74) is -1.35. The molecule has 1 saturated carbocycles. The molecule has 0 unspecified atom stereocenters. The van der Waals surface area contributed by atoms with E-state index in [9.17, 15) is 13.2 Å². The lowest BCUT2D eigenvalue weighted by Gasteiger charge is -2.34. The van der Waals surface area contributed by atoms with Crippen molar-refractivity contribution in [3.8, 4) is 11.8 Å². The summed E-state index contributed by atoms with van der Waals surface area (Å²) < 4.78 is 41.0. The van der Waals surface area contributed by atoms with E-state index in [2.05, 4.69) is 28.7 Å². The molecule has 0 radical (unpaired) electrons. The van der Waals surface area contributed by atoms with E-state index in [4.69, 9.17) is 0 Å². The lowest BCUT2D eigenvalue weighted by Crippen LogP contribution is -2.53. The zero-order valence-corrected chi connectivity index (χ0v) is 11.2. The van der Waals surface area contributed by atoms with E-state index in [0.29, 0.717) is 0 Å². The van der Waals surface area contributed by atoms with E-state index >= 15 is 0 Å². The molecule has 21 heavy (non-hydrogen) atoms. The summed E-state index contributed by atoms with van der Waals surface area (Å²) in [4.78, 5) is 4.00. The maximum atomic E-state index is 13.7. The third kappa shape index (κ3) is 2.31. The fourth-order valence-electron chi connectivity index (χ4n) is 2.22. The number of nitrogens with zero attached hydrogens (tertiary/aromatic N) is 1. The summed E-state index contributed by atoms with van der Waals surface area (Å²) in [5, 5.41) is 2.33. The highest BCUT2D eigenvalue weighted by atomic mass is 19.4. The number of fused-ring (bicyclic) bond motifs is 1. The number of hydrogen-bond donors (Lipinski definition) is 1. The molecule has 1 fully saturated rings. The molecule has 1 aromatic rings. The fraction of sp³-hybridized carbons (Fsp3) is 0.312. The van der Waals surface area contributed by atoms with Gasteiger partial charge in [-0.3, -0.25) is 0 Å².